The van der Waals surface area contributed by atoms with Crippen LogP contribution in [0.5, 0.6) is 0 Å². The first-order valence-corrected chi connectivity index (χ1v) is 5.73. The third-order valence-electron chi connectivity index (χ3n) is 3.00. The van der Waals surface area contributed by atoms with E-state index in [1.54, 1.807) is 0 Å². The summed E-state index contributed by atoms with van der Waals surface area (Å²) in [6.45, 7) is 13.7. The molecule has 3 atom stereocenters. The van der Waals surface area contributed by atoms with Crippen LogP contribution < -0.4 is 5.32 Å². The van der Waals surface area contributed by atoms with Crippen molar-refractivity contribution in [3.63, 3.8) is 0 Å². The monoisotopic (exact) mass is 185 g/mol. The molecule has 0 amide bonds. The first-order chi connectivity index (χ1) is 5.97. The molecular weight excluding hydrogens is 158 g/mol. The van der Waals surface area contributed by atoms with E-state index in [-0.39, 0.29) is 0 Å². The molecule has 0 saturated heterocycles. The normalized spacial score (nSPS) is 18.7. The second kappa shape index (κ2) is 6.42. The van der Waals surface area contributed by atoms with Crippen molar-refractivity contribution in [1.82, 2.24) is 5.32 Å². The Labute approximate surface area is 84.3 Å². The van der Waals surface area contributed by atoms with Gasteiger partial charge in [-0.15, -0.1) is 0 Å². The molecule has 0 aromatic heterocycles. The van der Waals surface area contributed by atoms with Gasteiger partial charge in [-0.1, -0.05) is 34.1 Å². The van der Waals surface area contributed by atoms with Crippen LogP contribution in [0.15, 0.2) is 0 Å². The van der Waals surface area contributed by atoms with E-state index in [1.165, 1.54) is 12.8 Å². The van der Waals surface area contributed by atoms with Gasteiger partial charge in [-0.3, -0.25) is 0 Å². The van der Waals surface area contributed by atoms with Crippen molar-refractivity contribution in [1.29, 1.82) is 0 Å². The molecule has 0 fully saturated rings. The largest absolute Gasteiger partial charge is 0.312 e. The summed E-state index contributed by atoms with van der Waals surface area (Å²) in [5.41, 5.74) is 0. The zero-order valence-electron chi connectivity index (χ0n) is 10.2. The van der Waals surface area contributed by atoms with Crippen molar-refractivity contribution >= 4 is 0 Å². The van der Waals surface area contributed by atoms with Crippen LogP contribution in [0.3, 0.4) is 0 Å². The first kappa shape index (κ1) is 13.0. The molecule has 3 unspecified atom stereocenters. The minimum atomic E-state index is 0.638. The summed E-state index contributed by atoms with van der Waals surface area (Å²) < 4.78 is 0. The summed E-state index contributed by atoms with van der Waals surface area (Å²) in [6, 6.07) is 1.30. The number of nitrogens with one attached hydrogen (secondary N) is 1. The molecule has 0 aromatic carbocycles. The molecule has 1 heteroatoms. The molecule has 0 aromatic rings. The van der Waals surface area contributed by atoms with Gasteiger partial charge in [-0.25, -0.2) is 0 Å². The molecule has 0 radical (unpaired) electrons. The summed E-state index contributed by atoms with van der Waals surface area (Å²) in [5, 5.41) is 3.64. The van der Waals surface area contributed by atoms with Crippen LogP contribution in [0.2, 0.25) is 0 Å². The quantitative estimate of drug-likeness (QED) is 0.668. The third-order valence-corrected chi connectivity index (χ3v) is 3.00. The summed E-state index contributed by atoms with van der Waals surface area (Å²) in [4.78, 5) is 0. The molecule has 0 saturated carbocycles. The maximum Gasteiger partial charge on any atom is 0.00642 e. The average Bonchev–Trinajstić information content (AvgIpc) is 2.03. The van der Waals surface area contributed by atoms with Crippen LogP contribution in [-0.4, -0.2) is 12.1 Å². The van der Waals surface area contributed by atoms with E-state index in [0.29, 0.717) is 12.1 Å². The highest BCUT2D eigenvalue weighted by atomic mass is 14.9. The fourth-order valence-corrected chi connectivity index (χ4v) is 1.48. The standard InChI is InChI=1S/C12H27N/c1-7-10(4)8-11(5)13-12(6)9(2)3/h9-13H,7-8H2,1-6H3. The molecule has 13 heavy (non-hydrogen) atoms. The fourth-order valence-electron chi connectivity index (χ4n) is 1.48. The summed E-state index contributed by atoms with van der Waals surface area (Å²) in [7, 11) is 0. The van der Waals surface area contributed by atoms with Gasteiger partial charge in [0.25, 0.3) is 0 Å². The second-order valence-electron chi connectivity index (χ2n) is 4.85. The fraction of sp³-hybridized carbons (Fsp3) is 1.00. The lowest BCUT2D eigenvalue weighted by atomic mass is 9.98. The molecule has 0 aliphatic carbocycles. The van der Waals surface area contributed by atoms with E-state index in [1.807, 2.05) is 0 Å². The zero-order valence-corrected chi connectivity index (χ0v) is 10.2. The molecule has 0 heterocycles. The van der Waals surface area contributed by atoms with Crippen LogP contribution in [-0.2, 0) is 0 Å². The predicted molar refractivity (Wildman–Crippen MR) is 61.0 cm³/mol. The van der Waals surface area contributed by atoms with Gasteiger partial charge >= 0.3 is 0 Å². The Morgan fingerprint density at radius 1 is 1.00 bits per heavy atom. The highest BCUT2D eigenvalue weighted by Gasteiger charge is 2.12. The SMILES string of the molecule is CCC(C)CC(C)NC(C)C(C)C. The van der Waals surface area contributed by atoms with Crippen LogP contribution in [0.4, 0.5) is 0 Å². The van der Waals surface area contributed by atoms with E-state index in [2.05, 4.69) is 46.9 Å². The summed E-state index contributed by atoms with van der Waals surface area (Å²) in [6.07, 6.45) is 2.59. The van der Waals surface area contributed by atoms with E-state index in [0.717, 1.165) is 11.8 Å². The third kappa shape index (κ3) is 6.09. The zero-order chi connectivity index (χ0) is 10.4. The van der Waals surface area contributed by atoms with Gasteiger partial charge in [0, 0.05) is 12.1 Å². The lowest BCUT2D eigenvalue weighted by molar-refractivity contribution is 0.339. The first-order valence-electron chi connectivity index (χ1n) is 5.73. The average molecular weight is 185 g/mol. The van der Waals surface area contributed by atoms with Crippen molar-refractivity contribution in [3.05, 3.63) is 0 Å². The van der Waals surface area contributed by atoms with Gasteiger partial charge in [-0.05, 0) is 32.1 Å². The number of hydrogen-bond donors (Lipinski definition) is 1. The molecule has 0 aliphatic heterocycles. The maximum absolute atomic E-state index is 3.64. The van der Waals surface area contributed by atoms with Gasteiger partial charge in [0.1, 0.15) is 0 Å². The minimum absolute atomic E-state index is 0.638. The Hall–Kier alpha value is -0.0400. The highest BCUT2D eigenvalue weighted by molar-refractivity contribution is 4.71. The Morgan fingerprint density at radius 2 is 1.54 bits per heavy atom. The lowest BCUT2D eigenvalue weighted by Crippen LogP contribution is -2.38. The molecular formula is C12H27N. The van der Waals surface area contributed by atoms with E-state index < -0.39 is 0 Å². The highest BCUT2D eigenvalue weighted by Crippen LogP contribution is 2.11. The summed E-state index contributed by atoms with van der Waals surface area (Å²) in [5.74, 6) is 1.58. The van der Waals surface area contributed by atoms with Crippen molar-refractivity contribution in [2.45, 2.75) is 66.5 Å². The Morgan fingerprint density at radius 3 is 1.92 bits per heavy atom. The van der Waals surface area contributed by atoms with Crippen molar-refractivity contribution in [3.8, 4) is 0 Å². The van der Waals surface area contributed by atoms with Crippen molar-refractivity contribution in [2.75, 3.05) is 0 Å². The molecule has 0 spiro atoms. The van der Waals surface area contributed by atoms with Crippen molar-refractivity contribution < 1.29 is 0 Å². The Kier molecular flexibility index (Phi) is 6.40. The topological polar surface area (TPSA) is 12.0 Å². The molecule has 0 aliphatic rings. The molecule has 80 valence electrons. The van der Waals surface area contributed by atoms with Gasteiger partial charge in [0.15, 0.2) is 0 Å². The van der Waals surface area contributed by atoms with Crippen LogP contribution in [0.1, 0.15) is 54.4 Å². The van der Waals surface area contributed by atoms with Crippen LogP contribution >= 0.6 is 0 Å². The lowest BCUT2D eigenvalue weighted by Gasteiger charge is -2.24. The molecule has 0 rings (SSSR count). The summed E-state index contributed by atoms with van der Waals surface area (Å²) >= 11 is 0. The van der Waals surface area contributed by atoms with Crippen LogP contribution in [0, 0.1) is 11.8 Å². The molecule has 1 N–H and O–H groups in total. The van der Waals surface area contributed by atoms with E-state index in [4.69, 9.17) is 0 Å². The number of rotatable bonds is 6. The second-order valence-corrected chi connectivity index (χ2v) is 4.85. The Bertz CT molecular complexity index is 120. The van der Waals surface area contributed by atoms with Gasteiger partial charge < -0.3 is 5.32 Å². The predicted octanol–water partition coefficient (Wildman–Crippen LogP) is 3.45. The van der Waals surface area contributed by atoms with Crippen LogP contribution in [0.25, 0.3) is 0 Å². The van der Waals surface area contributed by atoms with E-state index in [9.17, 15) is 0 Å². The van der Waals surface area contributed by atoms with Gasteiger partial charge in [0.2, 0.25) is 0 Å². The minimum Gasteiger partial charge on any atom is -0.312 e. The van der Waals surface area contributed by atoms with Gasteiger partial charge in [0.05, 0.1) is 0 Å². The van der Waals surface area contributed by atoms with E-state index >= 15 is 0 Å². The van der Waals surface area contributed by atoms with Crippen molar-refractivity contribution in [2.24, 2.45) is 11.8 Å². The van der Waals surface area contributed by atoms with Gasteiger partial charge in [-0.2, -0.15) is 0 Å². The Balaban J connectivity index is 3.67. The molecule has 1 nitrogen and oxygen atoms in total. The number of hydrogen-bond acceptors (Lipinski definition) is 1. The smallest absolute Gasteiger partial charge is 0.00642 e. The molecule has 0 bridgehead atoms. The maximum atomic E-state index is 3.64.